The Balaban J connectivity index is 2.53. The van der Waals surface area contributed by atoms with Crippen LogP contribution in [0.3, 0.4) is 0 Å². The van der Waals surface area contributed by atoms with Crippen LogP contribution in [-0.2, 0) is 14.3 Å². The van der Waals surface area contributed by atoms with Gasteiger partial charge < -0.3 is 20.3 Å². The minimum Gasteiger partial charge on any atom is -0.444 e. The number of hydrogen-bond acceptors (Lipinski definition) is 5. The van der Waals surface area contributed by atoms with Crippen LogP contribution in [0.2, 0.25) is 0 Å². The molecule has 0 aromatic heterocycles. The van der Waals surface area contributed by atoms with Crippen molar-refractivity contribution in [3.63, 3.8) is 0 Å². The molecule has 43 heavy (non-hydrogen) atoms. The fourth-order valence-electron chi connectivity index (χ4n) is 5.00. The lowest BCUT2D eigenvalue weighted by Gasteiger charge is -2.35. The fraction of sp³-hybridized carbons (Fsp3) is 0.571. The predicted molar refractivity (Wildman–Crippen MR) is 180 cm³/mol. The molecule has 0 aliphatic rings. The van der Waals surface area contributed by atoms with E-state index < -0.39 is 23.8 Å². The molecule has 3 amide bonds. The van der Waals surface area contributed by atoms with Gasteiger partial charge in [-0.15, -0.1) is 0 Å². The molecular formula is C35H53N3O4S. The van der Waals surface area contributed by atoms with Gasteiger partial charge in [0.1, 0.15) is 17.7 Å². The molecule has 0 saturated heterocycles. The Bertz CT molecular complexity index is 1160. The van der Waals surface area contributed by atoms with E-state index in [4.69, 9.17) is 4.74 Å². The lowest BCUT2D eigenvalue weighted by atomic mass is 9.99. The summed E-state index contributed by atoms with van der Waals surface area (Å²) in [5.41, 5.74) is 3.75. The third kappa shape index (κ3) is 12.3. The number of benzene rings is 2. The predicted octanol–water partition coefficient (Wildman–Crippen LogP) is 8.13. The minimum absolute atomic E-state index is 0.276. The normalized spacial score (nSPS) is 12.7. The molecule has 8 heteroatoms. The van der Waals surface area contributed by atoms with Crippen LogP contribution in [0.25, 0.3) is 0 Å². The first kappa shape index (κ1) is 36.2. The number of ether oxygens (including phenoxy) is 1. The quantitative estimate of drug-likeness (QED) is 0.187. The topological polar surface area (TPSA) is 87.7 Å². The summed E-state index contributed by atoms with van der Waals surface area (Å²) in [5.74, 6) is 0.109. The number of nitrogens with zero attached hydrogens (tertiary/aromatic N) is 1. The molecule has 0 aliphatic carbocycles. The molecule has 2 aromatic rings. The number of para-hydroxylation sites is 1. The van der Waals surface area contributed by atoms with Crippen LogP contribution in [0.5, 0.6) is 0 Å². The van der Waals surface area contributed by atoms with E-state index >= 15 is 0 Å². The van der Waals surface area contributed by atoms with Crippen LogP contribution < -0.4 is 10.6 Å². The van der Waals surface area contributed by atoms with Crippen LogP contribution in [-0.4, -0.2) is 53.0 Å². The summed E-state index contributed by atoms with van der Waals surface area (Å²) in [6.07, 6.45) is 8.03. The molecule has 0 bridgehead atoms. The van der Waals surface area contributed by atoms with Crippen molar-refractivity contribution in [1.29, 1.82) is 0 Å². The third-order valence-corrected chi connectivity index (χ3v) is 7.96. The van der Waals surface area contributed by atoms with Crippen molar-refractivity contribution in [3.8, 4) is 0 Å². The van der Waals surface area contributed by atoms with Gasteiger partial charge in [0.15, 0.2) is 0 Å². The van der Waals surface area contributed by atoms with Crippen LogP contribution >= 0.6 is 11.8 Å². The first-order valence-electron chi connectivity index (χ1n) is 15.6. The van der Waals surface area contributed by atoms with Gasteiger partial charge in [0, 0.05) is 12.2 Å². The van der Waals surface area contributed by atoms with Gasteiger partial charge in [-0.05, 0) is 83.1 Å². The Hall–Kier alpha value is -3.00. The van der Waals surface area contributed by atoms with E-state index in [0.717, 1.165) is 60.0 Å². The minimum atomic E-state index is -0.875. The Morgan fingerprint density at radius 3 is 2.09 bits per heavy atom. The average molecular weight is 612 g/mol. The molecule has 2 N–H and O–H groups in total. The first-order chi connectivity index (χ1) is 20.4. The zero-order valence-corrected chi connectivity index (χ0v) is 28.4. The largest absolute Gasteiger partial charge is 0.444 e. The number of aryl methyl sites for hydroxylation is 3. The third-order valence-electron chi connectivity index (χ3n) is 7.32. The summed E-state index contributed by atoms with van der Waals surface area (Å²) in [7, 11) is 0. The lowest BCUT2D eigenvalue weighted by Crippen LogP contribution is -2.52. The van der Waals surface area contributed by atoms with Crippen LogP contribution in [0.1, 0.15) is 101 Å². The van der Waals surface area contributed by atoms with E-state index in [0.29, 0.717) is 18.7 Å². The highest BCUT2D eigenvalue weighted by Gasteiger charge is 2.36. The number of thioether (sulfide) groups is 1. The Labute approximate surface area is 263 Å². The average Bonchev–Trinajstić information content (AvgIpc) is 2.93. The van der Waals surface area contributed by atoms with Gasteiger partial charge in [0.05, 0.1) is 0 Å². The van der Waals surface area contributed by atoms with E-state index in [2.05, 4.69) is 17.6 Å². The molecule has 2 unspecified atom stereocenters. The van der Waals surface area contributed by atoms with Gasteiger partial charge in [0.25, 0.3) is 5.91 Å². The molecule has 2 aromatic carbocycles. The van der Waals surface area contributed by atoms with E-state index in [9.17, 15) is 14.4 Å². The van der Waals surface area contributed by atoms with Gasteiger partial charge in [-0.25, -0.2) is 4.79 Å². The summed E-state index contributed by atoms with van der Waals surface area (Å²) in [6, 6.07) is 12.0. The van der Waals surface area contributed by atoms with Crippen molar-refractivity contribution in [1.82, 2.24) is 10.2 Å². The number of hydrogen-bond donors (Lipinski definition) is 2. The second-order valence-electron chi connectivity index (χ2n) is 12.3. The molecular weight excluding hydrogens is 558 g/mol. The number of carbonyl (C=O) groups is 3. The van der Waals surface area contributed by atoms with E-state index in [-0.39, 0.29) is 11.8 Å². The molecule has 0 fully saturated rings. The highest BCUT2D eigenvalue weighted by Crippen LogP contribution is 2.28. The van der Waals surface area contributed by atoms with Crippen LogP contribution in [0.15, 0.2) is 42.5 Å². The highest BCUT2D eigenvalue weighted by molar-refractivity contribution is 7.98. The maximum atomic E-state index is 14.5. The number of unbranched alkanes of at least 4 members (excludes halogenated alkanes) is 5. The molecule has 0 aliphatic heterocycles. The second kappa shape index (κ2) is 18.0. The number of amides is 3. The van der Waals surface area contributed by atoms with E-state index in [1.807, 2.05) is 69.5 Å². The molecule has 0 spiro atoms. The number of anilines is 1. The van der Waals surface area contributed by atoms with E-state index in [1.54, 1.807) is 37.4 Å². The number of nitrogens with one attached hydrogen (secondary N) is 2. The number of carbonyl (C=O) groups excluding carboxylic acids is 3. The van der Waals surface area contributed by atoms with Gasteiger partial charge in [-0.1, -0.05) is 87.1 Å². The maximum Gasteiger partial charge on any atom is 0.408 e. The summed E-state index contributed by atoms with van der Waals surface area (Å²) in [4.78, 5) is 43.2. The first-order valence-corrected chi connectivity index (χ1v) is 17.0. The SMILES string of the molecule is CCCCCCCCN(C(=O)C(CCSC)NC(=O)OC(C)(C)C)C(C(=O)Nc1c(C)cccc1C)c1ccc(C)cc1. The maximum absolute atomic E-state index is 14.5. The van der Waals surface area contributed by atoms with E-state index in [1.165, 1.54) is 6.42 Å². The molecule has 0 radical (unpaired) electrons. The molecule has 0 saturated carbocycles. The Morgan fingerprint density at radius 2 is 1.51 bits per heavy atom. The van der Waals surface area contributed by atoms with Crippen molar-refractivity contribution < 1.29 is 19.1 Å². The molecule has 2 rings (SSSR count). The molecule has 238 valence electrons. The lowest BCUT2D eigenvalue weighted by molar-refractivity contribution is -0.141. The zero-order valence-electron chi connectivity index (χ0n) is 27.5. The summed E-state index contributed by atoms with van der Waals surface area (Å²) >= 11 is 1.60. The smallest absolute Gasteiger partial charge is 0.408 e. The summed E-state index contributed by atoms with van der Waals surface area (Å²) in [5, 5.41) is 5.98. The number of alkyl carbamates (subject to hydrolysis) is 1. The zero-order chi connectivity index (χ0) is 32.0. The van der Waals surface area contributed by atoms with Crippen LogP contribution in [0.4, 0.5) is 10.5 Å². The van der Waals surface area contributed by atoms with Crippen molar-refractivity contribution in [2.75, 3.05) is 23.9 Å². The molecule has 0 heterocycles. The summed E-state index contributed by atoms with van der Waals surface area (Å²) in [6.45, 7) is 13.9. The van der Waals surface area contributed by atoms with Gasteiger partial charge in [0.2, 0.25) is 5.91 Å². The van der Waals surface area contributed by atoms with Crippen molar-refractivity contribution in [2.45, 2.75) is 111 Å². The van der Waals surface area contributed by atoms with Crippen molar-refractivity contribution in [3.05, 3.63) is 64.7 Å². The highest BCUT2D eigenvalue weighted by atomic mass is 32.2. The fourth-order valence-corrected chi connectivity index (χ4v) is 5.47. The second-order valence-corrected chi connectivity index (χ2v) is 13.3. The van der Waals surface area contributed by atoms with Gasteiger partial charge >= 0.3 is 6.09 Å². The standard InChI is InChI=1S/C35H53N3O4S/c1-9-10-11-12-13-14-23-38(33(40)29(22-24-43-8)36-34(41)42-35(5,6)7)31(28-20-18-25(2)19-21-28)32(39)37-30-26(3)16-15-17-27(30)4/h15-21,29,31H,9-14,22-24H2,1-8H3,(H,36,41)(H,37,39). The van der Waals surface area contributed by atoms with Crippen molar-refractivity contribution in [2.24, 2.45) is 0 Å². The number of rotatable bonds is 16. The van der Waals surface area contributed by atoms with Crippen LogP contribution in [0, 0.1) is 20.8 Å². The van der Waals surface area contributed by atoms with Gasteiger partial charge in [-0.2, -0.15) is 11.8 Å². The molecule has 7 nitrogen and oxygen atoms in total. The Kier molecular flexibility index (Phi) is 15.1. The monoisotopic (exact) mass is 611 g/mol. The summed E-state index contributed by atoms with van der Waals surface area (Å²) < 4.78 is 5.52. The Morgan fingerprint density at radius 1 is 0.907 bits per heavy atom. The molecule has 2 atom stereocenters. The van der Waals surface area contributed by atoms with Crippen molar-refractivity contribution >= 4 is 35.4 Å². The van der Waals surface area contributed by atoms with Gasteiger partial charge in [-0.3, -0.25) is 9.59 Å².